The molecule has 0 saturated heterocycles. The van der Waals surface area contributed by atoms with Crippen molar-refractivity contribution in [2.75, 3.05) is 11.9 Å². The van der Waals surface area contributed by atoms with Crippen molar-refractivity contribution < 1.29 is 5.11 Å². The van der Waals surface area contributed by atoms with Gasteiger partial charge in [0.1, 0.15) is 0 Å². The molecule has 0 aliphatic rings. The molecule has 0 radical (unpaired) electrons. The number of anilines is 1. The summed E-state index contributed by atoms with van der Waals surface area (Å²) in [6.07, 6.45) is 1.78. The van der Waals surface area contributed by atoms with Crippen molar-refractivity contribution in [3.63, 3.8) is 0 Å². The first-order valence-corrected chi connectivity index (χ1v) is 6.48. The number of nitrogens with zero attached hydrogens (tertiary/aromatic N) is 1. The lowest BCUT2D eigenvalue weighted by molar-refractivity contribution is 0.277. The van der Waals surface area contributed by atoms with Crippen molar-refractivity contribution in [2.24, 2.45) is 0 Å². The summed E-state index contributed by atoms with van der Waals surface area (Å²) in [5, 5.41) is 12.6. The van der Waals surface area contributed by atoms with Gasteiger partial charge in [-0.05, 0) is 24.3 Å². The summed E-state index contributed by atoms with van der Waals surface area (Å²) in [7, 11) is 0. The highest BCUT2D eigenvalue weighted by molar-refractivity contribution is 9.10. The van der Waals surface area contributed by atoms with Crippen molar-refractivity contribution in [1.29, 1.82) is 0 Å². The number of hydrogen-bond acceptors (Lipinski definition) is 4. The number of benzene rings is 1. The Hall–Kier alpha value is -0.910. The SMILES string of the molecule is OCC(Nc1ccc(Br)cc1)c1cncs1. The lowest BCUT2D eigenvalue weighted by Gasteiger charge is -2.15. The predicted molar refractivity (Wildman–Crippen MR) is 69.7 cm³/mol. The second-order valence-corrected chi connectivity index (χ2v) is 5.12. The van der Waals surface area contributed by atoms with Gasteiger partial charge in [0.25, 0.3) is 0 Å². The van der Waals surface area contributed by atoms with Gasteiger partial charge in [-0.15, -0.1) is 11.3 Å². The van der Waals surface area contributed by atoms with E-state index in [1.165, 1.54) is 11.3 Å². The Balaban J connectivity index is 2.10. The number of aromatic nitrogens is 1. The molecule has 0 bridgehead atoms. The second-order valence-electron chi connectivity index (χ2n) is 3.29. The summed E-state index contributed by atoms with van der Waals surface area (Å²) in [5.74, 6) is 0. The number of halogens is 1. The van der Waals surface area contributed by atoms with E-state index in [9.17, 15) is 5.11 Å². The van der Waals surface area contributed by atoms with Gasteiger partial charge in [-0.3, -0.25) is 4.98 Å². The molecule has 1 atom stereocenters. The van der Waals surface area contributed by atoms with Crippen LogP contribution in [0.2, 0.25) is 0 Å². The minimum absolute atomic E-state index is 0.0538. The van der Waals surface area contributed by atoms with E-state index in [-0.39, 0.29) is 12.6 Å². The van der Waals surface area contributed by atoms with Gasteiger partial charge in [0, 0.05) is 21.2 Å². The van der Waals surface area contributed by atoms with E-state index in [2.05, 4.69) is 26.2 Å². The van der Waals surface area contributed by atoms with E-state index in [0.29, 0.717) is 0 Å². The van der Waals surface area contributed by atoms with Gasteiger partial charge in [-0.1, -0.05) is 15.9 Å². The zero-order chi connectivity index (χ0) is 11.4. The van der Waals surface area contributed by atoms with Crippen LogP contribution >= 0.6 is 27.3 Å². The van der Waals surface area contributed by atoms with Crippen LogP contribution in [-0.2, 0) is 0 Å². The highest BCUT2D eigenvalue weighted by atomic mass is 79.9. The van der Waals surface area contributed by atoms with E-state index >= 15 is 0 Å². The van der Waals surface area contributed by atoms with Crippen molar-refractivity contribution >= 4 is 33.0 Å². The zero-order valence-corrected chi connectivity index (χ0v) is 10.8. The van der Waals surface area contributed by atoms with Crippen LogP contribution in [-0.4, -0.2) is 16.7 Å². The van der Waals surface area contributed by atoms with Crippen molar-refractivity contribution in [2.45, 2.75) is 6.04 Å². The summed E-state index contributed by atoms with van der Waals surface area (Å²) < 4.78 is 1.04. The Morgan fingerprint density at radius 2 is 2.12 bits per heavy atom. The third-order valence-corrected chi connectivity index (χ3v) is 3.58. The molecule has 1 aromatic carbocycles. The lowest BCUT2D eigenvalue weighted by atomic mass is 10.2. The third-order valence-electron chi connectivity index (χ3n) is 2.16. The summed E-state index contributed by atoms with van der Waals surface area (Å²) in [6.45, 7) is 0.0538. The molecule has 5 heteroatoms. The third kappa shape index (κ3) is 2.81. The molecule has 16 heavy (non-hydrogen) atoms. The smallest absolute Gasteiger partial charge is 0.0853 e. The van der Waals surface area contributed by atoms with Crippen LogP contribution in [0, 0.1) is 0 Å². The highest BCUT2D eigenvalue weighted by Gasteiger charge is 2.11. The number of aliphatic hydroxyl groups is 1. The van der Waals surface area contributed by atoms with Crippen molar-refractivity contribution in [3.05, 3.63) is 45.3 Å². The molecule has 0 aliphatic heterocycles. The first kappa shape index (κ1) is 11.6. The Labute approximate surface area is 106 Å². The summed E-state index contributed by atoms with van der Waals surface area (Å²) >= 11 is 4.92. The largest absolute Gasteiger partial charge is 0.394 e. The molecule has 0 spiro atoms. The summed E-state index contributed by atoms with van der Waals surface area (Å²) in [5.41, 5.74) is 2.75. The standard InChI is InChI=1S/C11H11BrN2OS/c12-8-1-3-9(4-2-8)14-10(6-15)11-5-13-7-16-11/h1-5,7,10,14-15H,6H2. The molecule has 0 amide bonds. The van der Waals surface area contributed by atoms with Crippen LogP contribution < -0.4 is 5.32 Å². The Bertz CT molecular complexity index is 430. The fraction of sp³-hybridized carbons (Fsp3) is 0.182. The van der Waals surface area contributed by atoms with Crippen LogP contribution in [0.5, 0.6) is 0 Å². The second kappa shape index (κ2) is 5.43. The molecular weight excluding hydrogens is 288 g/mol. The molecule has 0 aliphatic carbocycles. The topological polar surface area (TPSA) is 45.1 Å². The van der Waals surface area contributed by atoms with Crippen LogP contribution in [0.3, 0.4) is 0 Å². The van der Waals surface area contributed by atoms with E-state index in [1.807, 2.05) is 24.3 Å². The zero-order valence-electron chi connectivity index (χ0n) is 8.43. The molecular formula is C11H11BrN2OS. The minimum atomic E-state index is -0.0892. The first-order chi connectivity index (χ1) is 7.79. The van der Waals surface area contributed by atoms with E-state index in [0.717, 1.165) is 15.0 Å². The van der Waals surface area contributed by atoms with E-state index < -0.39 is 0 Å². The van der Waals surface area contributed by atoms with Gasteiger partial charge in [0.05, 0.1) is 18.2 Å². The van der Waals surface area contributed by atoms with Crippen LogP contribution in [0.15, 0.2) is 40.4 Å². The number of rotatable bonds is 4. The first-order valence-electron chi connectivity index (χ1n) is 4.81. The molecule has 1 heterocycles. The van der Waals surface area contributed by atoms with Crippen LogP contribution in [0.25, 0.3) is 0 Å². The van der Waals surface area contributed by atoms with Crippen molar-refractivity contribution in [3.8, 4) is 0 Å². The molecule has 3 nitrogen and oxygen atoms in total. The van der Waals surface area contributed by atoms with E-state index in [4.69, 9.17) is 0 Å². The molecule has 2 aromatic rings. The Kier molecular flexibility index (Phi) is 3.93. The van der Waals surface area contributed by atoms with Crippen LogP contribution in [0.1, 0.15) is 10.9 Å². The summed E-state index contributed by atoms with van der Waals surface area (Å²) in [6, 6.07) is 7.77. The predicted octanol–water partition coefficient (Wildman–Crippen LogP) is 3.05. The molecule has 84 valence electrons. The number of nitrogens with one attached hydrogen (secondary N) is 1. The number of thiazole rings is 1. The number of hydrogen-bond donors (Lipinski definition) is 2. The fourth-order valence-electron chi connectivity index (χ4n) is 1.35. The maximum Gasteiger partial charge on any atom is 0.0853 e. The van der Waals surface area contributed by atoms with Crippen molar-refractivity contribution in [1.82, 2.24) is 4.98 Å². The molecule has 0 saturated carbocycles. The maximum absolute atomic E-state index is 9.32. The molecule has 2 rings (SSSR count). The monoisotopic (exact) mass is 298 g/mol. The van der Waals surface area contributed by atoms with E-state index in [1.54, 1.807) is 11.7 Å². The normalized spacial score (nSPS) is 12.4. The lowest BCUT2D eigenvalue weighted by Crippen LogP contribution is -2.13. The quantitative estimate of drug-likeness (QED) is 0.912. The molecule has 1 unspecified atom stereocenters. The van der Waals surface area contributed by atoms with Crippen LogP contribution in [0.4, 0.5) is 5.69 Å². The van der Waals surface area contributed by atoms with Gasteiger partial charge in [-0.2, -0.15) is 0 Å². The van der Waals surface area contributed by atoms with Gasteiger partial charge >= 0.3 is 0 Å². The van der Waals surface area contributed by atoms with Gasteiger partial charge < -0.3 is 10.4 Å². The highest BCUT2D eigenvalue weighted by Crippen LogP contribution is 2.23. The molecule has 0 fully saturated rings. The average molecular weight is 299 g/mol. The minimum Gasteiger partial charge on any atom is -0.394 e. The fourth-order valence-corrected chi connectivity index (χ4v) is 2.28. The Morgan fingerprint density at radius 3 is 2.69 bits per heavy atom. The summed E-state index contributed by atoms with van der Waals surface area (Å²) in [4.78, 5) is 5.04. The number of aliphatic hydroxyl groups excluding tert-OH is 1. The average Bonchev–Trinajstić information content (AvgIpc) is 2.82. The van der Waals surface area contributed by atoms with Gasteiger partial charge in [0.2, 0.25) is 0 Å². The maximum atomic E-state index is 9.32. The molecule has 1 aromatic heterocycles. The van der Waals surface area contributed by atoms with Gasteiger partial charge in [0.15, 0.2) is 0 Å². The van der Waals surface area contributed by atoms with Gasteiger partial charge in [-0.25, -0.2) is 0 Å². The molecule has 2 N–H and O–H groups in total. The Morgan fingerprint density at radius 1 is 1.38 bits per heavy atom.